The quantitative estimate of drug-likeness (QED) is 0.792. The van der Waals surface area contributed by atoms with Crippen LogP contribution in [0.4, 0.5) is 0 Å². The summed E-state index contributed by atoms with van der Waals surface area (Å²) in [7, 11) is 0. The van der Waals surface area contributed by atoms with Crippen LogP contribution in [0.15, 0.2) is 77.6 Å². The van der Waals surface area contributed by atoms with Crippen LogP contribution in [0, 0.1) is 0 Å². The zero-order chi connectivity index (χ0) is 15.6. The molecule has 1 aliphatic heterocycles. The first-order valence-corrected chi connectivity index (χ1v) is 8.08. The van der Waals surface area contributed by atoms with Gasteiger partial charge in [-0.05, 0) is 23.6 Å². The van der Waals surface area contributed by atoms with E-state index in [1.807, 2.05) is 36.4 Å². The van der Waals surface area contributed by atoms with Crippen molar-refractivity contribution in [2.45, 2.75) is 25.4 Å². The molecule has 2 aromatic carbocycles. The largest absolute Gasteiger partial charge is 0.485 e. The predicted octanol–water partition coefficient (Wildman–Crippen LogP) is 4.85. The van der Waals surface area contributed by atoms with Crippen LogP contribution in [0.3, 0.4) is 0 Å². The van der Waals surface area contributed by atoms with E-state index in [-0.39, 0.29) is 11.9 Å². The maximum atomic E-state index is 12.5. The minimum absolute atomic E-state index is 0.177. The molecule has 0 bridgehead atoms. The summed E-state index contributed by atoms with van der Waals surface area (Å²) in [5.74, 6) is 1.09. The molecule has 0 aromatic heterocycles. The van der Waals surface area contributed by atoms with Crippen molar-refractivity contribution in [3.8, 4) is 0 Å². The molecule has 1 unspecified atom stereocenters. The highest BCUT2D eigenvalue weighted by Gasteiger charge is 2.37. The fraction of sp³-hybridized carbons (Fsp3) is 0.190. The number of ketones is 1. The smallest absolute Gasteiger partial charge is 0.166 e. The van der Waals surface area contributed by atoms with Gasteiger partial charge in [-0.2, -0.15) is 0 Å². The maximum Gasteiger partial charge on any atom is 0.166 e. The van der Waals surface area contributed by atoms with E-state index in [0.29, 0.717) is 6.42 Å². The number of carbonyl (C=O) groups is 1. The minimum Gasteiger partial charge on any atom is -0.485 e. The SMILES string of the molecule is O=C1CCCC2=C1/C(=C\c1ccccc1)C(c1ccccc1)O2. The van der Waals surface area contributed by atoms with Gasteiger partial charge in [0, 0.05) is 18.4 Å². The first-order chi connectivity index (χ1) is 11.3. The molecule has 0 radical (unpaired) electrons. The lowest BCUT2D eigenvalue weighted by Crippen LogP contribution is -2.09. The molecule has 4 rings (SSSR count). The van der Waals surface area contributed by atoms with Gasteiger partial charge in [-0.25, -0.2) is 0 Å². The molecular formula is C21H18O2. The summed E-state index contributed by atoms with van der Waals surface area (Å²) in [4.78, 5) is 12.5. The lowest BCUT2D eigenvalue weighted by Gasteiger charge is -2.15. The second kappa shape index (κ2) is 5.88. The highest BCUT2D eigenvalue weighted by Crippen LogP contribution is 2.46. The number of Topliss-reactive ketones (excluding diaryl/α,β-unsaturated/α-hetero) is 1. The summed E-state index contributed by atoms with van der Waals surface area (Å²) in [6, 6.07) is 20.3. The van der Waals surface area contributed by atoms with E-state index in [1.54, 1.807) is 0 Å². The van der Waals surface area contributed by atoms with Crippen LogP contribution in [0.5, 0.6) is 0 Å². The van der Waals surface area contributed by atoms with E-state index in [2.05, 4.69) is 30.3 Å². The van der Waals surface area contributed by atoms with Crippen LogP contribution in [0.25, 0.3) is 6.08 Å². The Morgan fingerprint density at radius 2 is 1.61 bits per heavy atom. The Bertz CT molecular complexity index is 785. The zero-order valence-electron chi connectivity index (χ0n) is 12.9. The average molecular weight is 302 g/mol. The number of allylic oxidation sites excluding steroid dienone is 1. The van der Waals surface area contributed by atoms with E-state index in [4.69, 9.17) is 4.74 Å². The maximum absolute atomic E-state index is 12.5. The van der Waals surface area contributed by atoms with Crippen molar-refractivity contribution in [2.75, 3.05) is 0 Å². The molecule has 2 aromatic rings. The summed E-state index contributed by atoms with van der Waals surface area (Å²) < 4.78 is 6.20. The van der Waals surface area contributed by atoms with Crippen molar-refractivity contribution in [1.82, 2.24) is 0 Å². The van der Waals surface area contributed by atoms with Crippen molar-refractivity contribution in [3.05, 3.63) is 88.7 Å². The Morgan fingerprint density at radius 1 is 0.913 bits per heavy atom. The van der Waals surface area contributed by atoms with Gasteiger partial charge in [0.15, 0.2) is 5.78 Å². The lowest BCUT2D eigenvalue weighted by atomic mass is 9.88. The van der Waals surface area contributed by atoms with Crippen LogP contribution in [-0.4, -0.2) is 5.78 Å². The molecule has 114 valence electrons. The van der Waals surface area contributed by atoms with Crippen molar-refractivity contribution in [2.24, 2.45) is 0 Å². The first-order valence-electron chi connectivity index (χ1n) is 8.08. The molecule has 0 fully saturated rings. The van der Waals surface area contributed by atoms with E-state index in [1.165, 1.54) is 0 Å². The number of carbonyl (C=O) groups excluding carboxylic acids is 1. The number of ether oxygens (including phenoxy) is 1. The van der Waals surface area contributed by atoms with Gasteiger partial charge in [0.1, 0.15) is 11.9 Å². The molecule has 0 spiro atoms. The molecule has 1 aliphatic carbocycles. The summed E-state index contributed by atoms with van der Waals surface area (Å²) in [5.41, 5.74) is 4.01. The summed E-state index contributed by atoms with van der Waals surface area (Å²) >= 11 is 0. The van der Waals surface area contributed by atoms with E-state index in [9.17, 15) is 4.79 Å². The average Bonchev–Trinajstić information content (AvgIpc) is 2.96. The van der Waals surface area contributed by atoms with Gasteiger partial charge in [-0.15, -0.1) is 0 Å². The van der Waals surface area contributed by atoms with E-state index >= 15 is 0 Å². The lowest BCUT2D eigenvalue weighted by molar-refractivity contribution is -0.115. The Hall–Kier alpha value is -2.61. The molecule has 0 N–H and O–H groups in total. The van der Waals surface area contributed by atoms with Gasteiger partial charge in [0.2, 0.25) is 0 Å². The zero-order valence-corrected chi connectivity index (χ0v) is 12.9. The van der Waals surface area contributed by atoms with Crippen molar-refractivity contribution < 1.29 is 9.53 Å². The second-order valence-corrected chi connectivity index (χ2v) is 5.99. The van der Waals surface area contributed by atoms with Gasteiger partial charge < -0.3 is 4.74 Å². The summed E-state index contributed by atoms with van der Waals surface area (Å²) in [6.45, 7) is 0. The van der Waals surface area contributed by atoms with Crippen LogP contribution in [-0.2, 0) is 9.53 Å². The van der Waals surface area contributed by atoms with E-state index < -0.39 is 0 Å². The molecule has 23 heavy (non-hydrogen) atoms. The monoisotopic (exact) mass is 302 g/mol. The van der Waals surface area contributed by atoms with Crippen LogP contribution >= 0.6 is 0 Å². The predicted molar refractivity (Wildman–Crippen MR) is 90.6 cm³/mol. The Morgan fingerprint density at radius 3 is 2.35 bits per heavy atom. The molecule has 1 atom stereocenters. The van der Waals surface area contributed by atoms with Gasteiger partial charge in [-0.3, -0.25) is 4.79 Å². The molecule has 0 saturated heterocycles. The van der Waals surface area contributed by atoms with Gasteiger partial charge in [0.25, 0.3) is 0 Å². The Kier molecular flexibility index (Phi) is 3.58. The van der Waals surface area contributed by atoms with Gasteiger partial charge >= 0.3 is 0 Å². The summed E-state index contributed by atoms with van der Waals surface area (Å²) in [5, 5.41) is 0. The highest BCUT2D eigenvalue weighted by molar-refractivity contribution is 6.03. The molecule has 2 heteroatoms. The van der Waals surface area contributed by atoms with Gasteiger partial charge in [-0.1, -0.05) is 60.7 Å². The number of hydrogen-bond acceptors (Lipinski definition) is 2. The number of hydrogen-bond donors (Lipinski definition) is 0. The standard InChI is InChI=1S/C21H18O2/c22-18-12-7-13-19-20(18)17(14-15-8-3-1-4-9-15)21(23-19)16-10-5-2-6-11-16/h1-6,8-11,14,21H,7,12-13H2/b17-14+. The second-order valence-electron chi connectivity index (χ2n) is 5.99. The normalized spacial score (nSPS) is 22.2. The first kappa shape index (κ1) is 14.0. The molecule has 2 aliphatic rings. The molecule has 0 saturated carbocycles. The minimum atomic E-state index is -0.177. The molecular weight excluding hydrogens is 284 g/mol. The van der Waals surface area contributed by atoms with Crippen molar-refractivity contribution in [3.63, 3.8) is 0 Å². The molecule has 0 amide bonds. The Labute approximate surface area is 136 Å². The highest BCUT2D eigenvalue weighted by atomic mass is 16.5. The number of benzene rings is 2. The van der Waals surface area contributed by atoms with Crippen LogP contribution in [0.1, 0.15) is 36.5 Å². The Balaban J connectivity index is 1.82. The van der Waals surface area contributed by atoms with Crippen LogP contribution in [0.2, 0.25) is 0 Å². The molecule has 2 nitrogen and oxygen atoms in total. The molecule has 1 heterocycles. The third kappa shape index (κ3) is 2.61. The fourth-order valence-electron chi connectivity index (χ4n) is 3.34. The van der Waals surface area contributed by atoms with E-state index in [0.717, 1.165) is 40.9 Å². The fourth-order valence-corrected chi connectivity index (χ4v) is 3.34. The van der Waals surface area contributed by atoms with Gasteiger partial charge in [0.05, 0.1) is 5.57 Å². The third-order valence-electron chi connectivity index (χ3n) is 4.42. The number of rotatable bonds is 2. The summed E-state index contributed by atoms with van der Waals surface area (Å²) in [6.07, 6.45) is 4.29. The van der Waals surface area contributed by atoms with Crippen molar-refractivity contribution >= 4 is 11.9 Å². The van der Waals surface area contributed by atoms with Crippen molar-refractivity contribution in [1.29, 1.82) is 0 Å². The topological polar surface area (TPSA) is 26.3 Å². The third-order valence-corrected chi connectivity index (χ3v) is 4.42. The van der Waals surface area contributed by atoms with Crippen LogP contribution < -0.4 is 0 Å².